The lowest BCUT2D eigenvalue weighted by Crippen LogP contribution is -2.00. The number of sulfone groups is 1. The van der Waals surface area contributed by atoms with Crippen molar-refractivity contribution >= 4 is 32.2 Å². The minimum Gasteiger partial charge on any atom is -0.493 e. The molecule has 3 heterocycles. The molecule has 2 aromatic heterocycles. The van der Waals surface area contributed by atoms with Crippen LogP contribution >= 0.6 is 0 Å². The van der Waals surface area contributed by atoms with Gasteiger partial charge in [0.2, 0.25) is 5.88 Å². The number of fused-ring (bicyclic) bond motifs is 3. The highest BCUT2D eigenvalue weighted by atomic mass is 32.2. The molecule has 0 atom stereocenters. The summed E-state index contributed by atoms with van der Waals surface area (Å²) in [5.41, 5.74) is 2.02. The predicted octanol–water partition coefficient (Wildman–Crippen LogP) is 1.80. The number of pyridine rings is 1. The van der Waals surface area contributed by atoms with Crippen LogP contribution in [-0.4, -0.2) is 34.2 Å². The molecule has 1 aliphatic heterocycles. The molecular weight excluding hydrogens is 316 g/mol. The summed E-state index contributed by atoms with van der Waals surface area (Å²) in [5, 5.41) is 13.3. The van der Waals surface area contributed by atoms with Crippen LogP contribution in [0.4, 0.5) is 11.5 Å². The molecule has 4 rings (SSSR count). The second kappa shape index (κ2) is 4.88. The summed E-state index contributed by atoms with van der Waals surface area (Å²) >= 11 is 0. The predicted molar refractivity (Wildman–Crippen MR) is 84.5 cm³/mol. The Balaban J connectivity index is 1.92. The van der Waals surface area contributed by atoms with Crippen molar-refractivity contribution in [3.05, 3.63) is 42.4 Å². The third-order valence-corrected chi connectivity index (χ3v) is 5.63. The summed E-state index contributed by atoms with van der Waals surface area (Å²) < 4.78 is 24.2. The average molecular weight is 328 g/mol. The van der Waals surface area contributed by atoms with Crippen molar-refractivity contribution in [1.82, 2.24) is 15.0 Å². The van der Waals surface area contributed by atoms with Gasteiger partial charge in [-0.15, -0.1) is 0 Å². The van der Waals surface area contributed by atoms with Crippen LogP contribution < -0.4 is 5.32 Å². The van der Waals surface area contributed by atoms with Crippen LogP contribution in [0.1, 0.15) is 5.56 Å². The lowest BCUT2D eigenvalue weighted by Gasteiger charge is -2.11. The highest BCUT2D eigenvalue weighted by Gasteiger charge is 2.29. The van der Waals surface area contributed by atoms with E-state index in [1.807, 2.05) is 0 Å². The monoisotopic (exact) mass is 328 g/mol. The van der Waals surface area contributed by atoms with Gasteiger partial charge in [-0.25, -0.2) is 23.4 Å². The maximum Gasteiger partial charge on any atom is 0.212 e. The largest absolute Gasteiger partial charge is 0.493 e. The van der Waals surface area contributed by atoms with Crippen molar-refractivity contribution in [2.45, 2.75) is 11.3 Å². The number of hydrogen-bond acceptors (Lipinski definition) is 7. The second-order valence-corrected chi connectivity index (χ2v) is 7.33. The quantitative estimate of drug-likeness (QED) is 0.739. The van der Waals surface area contributed by atoms with E-state index in [0.717, 1.165) is 5.56 Å². The number of benzene rings is 1. The number of aromatic nitrogens is 3. The molecule has 1 aliphatic rings. The van der Waals surface area contributed by atoms with E-state index < -0.39 is 9.84 Å². The summed E-state index contributed by atoms with van der Waals surface area (Å²) in [4.78, 5) is 12.5. The number of rotatable bonds is 2. The van der Waals surface area contributed by atoms with E-state index in [0.29, 0.717) is 33.7 Å². The van der Waals surface area contributed by atoms with E-state index in [1.54, 1.807) is 18.2 Å². The Morgan fingerprint density at radius 2 is 2.00 bits per heavy atom. The SMILES string of the molecule is O=S1(=O)CCc2c1ccc1ncnc(Nc3ccnc(O)c3)c21. The van der Waals surface area contributed by atoms with Gasteiger partial charge in [-0.2, -0.15) is 0 Å². The van der Waals surface area contributed by atoms with Crippen LogP contribution in [-0.2, 0) is 16.3 Å². The van der Waals surface area contributed by atoms with Crippen molar-refractivity contribution in [1.29, 1.82) is 0 Å². The normalized spacial score (nSPS) is 15.5. The van der Waals surface area contributed by atoms with Gasteiger partial charge in [-0.3, -0.25) is 0 Å². The van der Waals surface area contributed by atoms with Gasteiger partial charge < -0.3 is 10.4 Å². The molecule has 116 valence electrons. The smallest absolute Gasteiger partial charge is 0.212 e. The minimum absolute atomic E-state index is 0.103. The Morgan fingerprint density at radius 1 is 1.13 bits per heavy atom. The maximum atomic E-state index is 12.1. The van der Waals surface area contributed by atoms with E-state index >= 15 is 0 Å². The van der Waals surface area contributed by atoms with E-state index in [2.05, 4.69) is 20.3 Å². The van der Waals surface area contributed by atoms with Gasteiger partial charge in [-0.05, 0) is 30.2 Å². The lowest BCUT2D eigenvalue weighted by atomic mass is 10.1. The van der Waals surface area contributed by atoms with E-state index in [9.17, 15) is 13.5 Å². The standard InChI is InChI=1S/C15H12N4O3S/c20-13-7-9(3-5-16-13)19-15-14-10-4-6-23(21,22)12(10)2-1-11(14)17-8-18-15/h1-3,5,7-8H,4,6H2,(H2,16,17,18,19,20). The Bertz CT molecular complexity index is 1030. The summed E-state index contributed by atoms with van der Waals surface area (Å²) in [6.07, 6.45) is 3.33. The van der Waals surface area contributed by atoms with Gasteiger partial charge >= 0.3 is 0 Å². The summed E-state index contributed by atoms with van der Waals surface area (Å²) in [7, 11) is -3.23. The molecule has 0 amide bonds. The highest BCUT2D eigenvalue weighted by Crippen LogP contribution is 2.35. The number of nitrogens with one attached hydrogen (secondary N) is 1. The first-order chi connectivity index (χ1) is 11.0. The molecule has 1 aromatic carbocycles. The Labute approximate surface area is 132 Å². The molecule has 2 N–H and O–H groups in total. The number of aromatic hydroxyl groups is 1. The second-order valence-electron chi connectivity index (χ2n) is 5.26. The van der Waals surface area contributed by atoms with Gasteiger partial charge in [0.1, 0.15) is 12.1 Å². The zero-order valence-corrected chi connectivity index (χ0v) is 12.7. The fourth-order valence-corrected chi connectivity index (χ4v) is 4.36. The van der Waals surface area contributed by atoms with Crippen LogP contribution in [0, 0.1) is 0 Å². The molecule has 0 unspecified atom stereocenters. The van der Waals surface area contributed by atoms with E-state index in [4.69, 9.17) is 0 Å². The molecular formula is C15H12N4O3S. The third kappa shape index (κ3) is 2.27. The van der Waals surface area contributed by atoms with E-state index in [-0.39, 0.29) is 11.6 Å². The highest BCUT2D eigenvalue weighted by molar-refractivity contribution is 7.91. The summed E-state index contributed by atoms with van der Waals surface area (Å²) in [6.45, 7) is 0. The van der Waals surface area contributed by atoms with Crippen LogP contribution in [0.25, 0.3) is 10.9 Å². The first kappa shape index (κ1) is 13.9. The first-order valence-electron chi connectivity index (χ1n) is 6.96. The number of nitrogens with zero attached hydrogens (tertiary/aromatic N) is 3. The fourth-order valence-electron chi connectivity index (χ4n) is 2.82. The topological polar surface area (TPSA) is 105 Å². The maximum absolute atomic E-state index is 12.1. The average Bonchev–Trinajstić information content (AvgIpc) is 2.83. The van der Waals surface area contributed by atoms with Crippen LogP contribution in [0.2, 0.25) is 0 Å². The fraction of sp³-hybridized carbons (Fsp3) is 0.133. The third-order valence-electron chi connectivity index (χ3n) is 3.83. The summed E-state index contributed by atoms with van der Waals surface area (Å²) in [5.74, 6) is 0.502. The number of aryl methyl sites for hydroxylation is 1. The Hall–Kier alpha value is -2.74. The Morgan fingerprint density at radius 3 is 2.83 bits per heavy atom. The zero-order chi connectivity index (χ0) is 16.0. The molecule has 0 saturated carbocycles. The Kier molecular flexibility index (Phi) is 2.95. The molecule has 0 spiro atoms. The lowest BCUT2D eigenvalue weighted by molar-refractivity contribution is 0.454. The molecule has 3 aromatic rings. The van der Waals surface area contributed by atoms with Gasteiger partial charge in [0.15, 0.2) is 9.84 Å². The van der Waals surface area contributed by atoms with Crippen LogP contribution in [0.15, 0.2) is 41.7 Å². The van der Waals surface area contributed by atoms with Crippen molar-refractivity contribution in [3.63, 3.8) is 0 Å². The van der Waals surface area contributed by atoms with Crippen molar-refractivity contribution in [2.24, 2.45) is 0 Å². The van der Waals surface area contributed by atoms with Crippen LogP contribution in [0.3, 0.4) is 0 Å². The van der Waals surface area contributed by atoms with E-state index in [1.165, 1.54) is 18.6 Å². The zero-order valence-electron chi connectivity index (χ0n) is 11.9. The number of anilines is 2. The molecule has 8 heteroatoms. The molecule has 0 saturated heterocycles. The first-order valence-corrected chi connectivity index (χ1v) is 8.61. The molecule has 0 fully saturated rings. The van der Waals surface area contributed by atoms with Crippen LogP contribution in [0.5, 0.6) is 5.88 Å². The minimum atomic E-state index is -3.23. The van der Waals surface area contributed by atoms with Gasteiger partial charge in [0.05, 0.1) is 16.2 Å². The summed E-state index contributed by atoms with van der Waals surface area (Å²) in [6, 6.07) is 6.45. The van der Waals surface area contributed by atoms with Gasteiger partial charge in [0.25, 0.3) is 0 Å². The van der Waals surface area contributed by atoms with Crippen molar-refractivity contribution in [3.8, 4) is 5.88 Å². The molecule has 23 heavy (non-hydrogen) atoms. The molecule has 7 nitrogen and oxygen atoms in total. The van der Waals surface area contributed by atoms with Gasteiger partial charge in [-0.1, -0.05) is 0 Å². The molecule has 0 bridgehead atoms. The van der Waals surface area contributed by atoms with Crippen molar-refractivity contribution in [2.75, 3.05) is 11.1 Å². The number of hydrogen-bond donors (Lipinski definition) is 2. The molecule has 0 aliphatic carbocycles. The van der Waals surface area contributed by atoms with Gasteiger partial charge in [0, 0.05) is 23.3 Å². The van der Waals surface area contributed by atoms with Crippen molar-refractivity contribution < 1.29 is 13.5 Å². The molecule has 0 radical (unpaired) electrons.